The SMILES string of the molecule is CCCCCNC(=O)CCN(c1ccc(C)c(Cl)c1)S(C)(=O)=O. The maximum atomic E-state index is 12.0. The lowest BCUT2D eigenvalue weighted by Gasteiger charge is -2.22. The molecule has 0 atom stereocenters. The van der Waals surface area contributed by atoms with Crippen LogP contribution in [0.4, 0.5) is 5.69 Å². The summed E-state index contributed by atoms with van der Waals surface area (Å²) in [6, 6.07) is 5.07. The summed E-state index contributed by atoms with van der Waals surface area (Å²) in [4.78, 5) is 11.8. The van der Waals surface area contributed by atoms with Crippen LogP contribution in [0.1, 0.15) is 38.2 Å². The number of carbonyl (C=O) groups excluding carboxylic acids is 1. The number of benzene rings is 1. The summed E-state index contributed by atoms with van der Waals surface area (Å²) in [5.74, 6) is -0.145. The van der Waals surface area contributed by atoms with E-state index in [2.05, 4.69) is 12.2 Å². The average molecular weight is 361 g/mol. The lowest BCUT2D eigenvalue weighted by Crippen LogP contribution is -2.34. The number of rotatable bonds is 9. The molecule has 23 heavy (non-hydrogen) atoms. The van der Waals surface area contributed by atoms with E-state index in [0.29, 0.717) is 17.3 Å². The van der Waals surface area contributed by atoms with Gasteiger partial charge in [0.25, 0.3) is 0 Å². The van der Waals surface area contributed by atoms with Crippen molar-refractivity contribution in [2.75, 3.05) is 23.7 Å². The number of nitrogens with zero attached hydrogens (tertiary/aromatic N) is 1. The van der Waals surface area contributed by atoms with E-state index in [-0.39, 0.29) is 18.9 Å². The monoisotopic (exact) mass is 360 g/mol. The third kappa shape index (κ3) is 6.79. The Morgan fingerprint density at radius 2 is 2.00 bits per heavy atom. The second kappa shape index (κ2) is 9.13. The highest BCUT2D eigenvalue weighted by Gasteiger charge is 2.19. The Bertz CT molecular complexity index is 632. The van der Waals surface area contributed by atoms with E-state index in [9.17, 15) is 13.2 Å². The highest BCUT2D eigenvalue weighted by atomic mass is 35.5. The molecule has 1 aromatic rings. The zero-order valence-electron chi connectivity index (χ0n) is 13.9. The summed E-state index contributed by atoms with van der Waals surface area (Å²) >= 11 is 6.07. The van der Waals surface area contributed by atoms with E-state index < -0.39 is 10.0 Å². The minimum Gasteiger partial charge on any atom is -0.356 e. The number of nitrogens with one attached hydrogen (secondary N) is 1. The van der Waals surface area contributed by atoms with Crippen molar-refractivity contribution in [2.24, 2.45) is 0 Å². The van der Waals surface area contributed by atoms with Crippen molar-refractivity contribution in [2.45, 2.75) is 39.5 Å². The van der Waals surface area contributed by atoms with E-state index in [1.54, 1.807) is 18.2 Å². The topological polar surface area (TPSA) is 66.5 Å². The Morgan fingerprint density at radius 3 is 2.57 bits per heavy atom. The van der Waals surface area contributed by atoms with Gasteiger partial charge < -0.3 is 5.32 Å². The van der Waals surface area contributed by atoms with Crippen LogP contribution in [0, 0.1) is 6.92 Å². The number of carbonyl (C=O) groups is 1. The fraction of sp³-hybridized carbons (Fsp3) is 0.562. The Morgan fingerprint density at radius 1 is 1.30 bits per heavy atom. The third-order valence-electron chi connectivity index (χ3n) is 3.49. The van der Waals surface area contributed by atoms with Crippen molar-refractivity contribution in [3.8, 4) is 0 Å². The molecule has 0 saturated heterocycles. The van der Waals surface area contributed by atoms with E-state index in [1.165, 1.54) is 4.31 Å². The van der Waals surface area contributed by atoms with Crippen LogP contribution in [-0.2, 0) is 14.8 Å². The molecule has 0 aromatic heterocycles. The van der Waals surface area contributed by atoms with Gasteiger partial charge in [-0.15, -0.1) is 0 Å². The summed E-state index contributed by atoms with van der Waals surface area (Å²) < 4.78 is 25.2. The van der Waals surface area contributed by atoms with E-state index in [1.807, 2.05) is 6.92 Å². The van der Waals surface area contributed by atoms with Crippen molar-refractivity contribution in [1.82, 2.24) is 5.32 Å². The number of aryl methyl sites for hydroxylation is 1. The lowest BCUT2D eigenvalue weighted by molar-refractivity contribution is -0.120. The van der Waals surface area contributed by atoms with E-state index >= 15 is 0 Å². The fourth-order valence-electron chi connectivity index (χ4n) is 2.12. The third-order valence-corrected chi connectivity index (χ3v) is 5.09. The summed E-state index contributed by atoms with van der Waals surface area (Å²) in [7, 11) is -3.48. The quantitative estimate of drug-likeness (QED) is 0.688. The van der Waals surface area contributed by atoms with Crippen molar-refractivity contribution in [3.63, 3.8) is 0 Å². The predicted octanol–water partition coefficient (Wildman–Crippen LogP) is 3.11. The average Bonchev–Trinajstić information content (AvgIpc) is 2.46. The largest absolute Gasteiger partial charge is 0.356 e. The minimum atomic E-state index is -3.48. The molecule has 0 saturated carbocycles. The maximum absolute atomic E-state index is 12.0. The van der Waals surface area contributed by atoms with Gasteiger partial charge in [-0.3, -0.25) is 9.10 Å². The zero-order chi connectivity index (χ0) is 17.5. The Balaban J connectivity index is 2.70. The molecule has 0 radical (unpaired) electrons. The minimum absolute atomic E-state index is 0.0951. The lowest BCUT2D eigenvalue weighted by atomic mass is 10.2. The number of hydrogen-bond donors (Lipinski definition) is 1. The highest BCUT2D eigenvalue weighted by molar-refractivity contribution is 7.92. The molecule has 0 fully saturated rings. The standard InChI is InChI=1S/C16H25ClN2O3S/c1-4-5-6-10-18-16(20)9-11-19(23(3,21)22)14-8-7-13(2)15(17)12-14/h7-8,12H,4-6,9-11H2,1-3H3,(H,18,20). The second-order valence-corrected chi connectivity index (χ2v) is 7.89. The van der Waals surface area contributed by atoms with Crippen molar-refractivity contribution < 1.29 is 13.2 Å². The first-order chi connectivity index (χ1) is 10.8. The number of halogens is 1. The molecule has 1 rings (SSSR count). The number of hydrogen-bond acceptors (Lipinski definition) is 3. The first kappa shape index (κ1) is 19.8. The first-order valence-corrected chi connectivity index (χ1v) is 9.99. The molecule has 0 spiro atoms. The van der Waals surface area contributed by atoms with Crippen LogP contribution in [0.2, 0.25) is 5.02 Å². The molecule has 0 aliphatic carbocycles. The molecule has 0 unspecified atom stereocenters. The van der Waals surface area contributed by atoms with Gasteiger partial charge in [-0.2, -0.15) is 0 Å². The Labute approximate surface area is 144 Å². The molecule has 0 aliphatic heterocycles. The molecule has 1 aromatic carbocycles. The molecule has 0 heterocycles. The van der Waals surface area contributed by atoms with Gasteiger partial charge in [0, 0.05) is 24.5 Å². The fourth-order valence-corrected chi connectivity index (χ4v) is 3.21. The van der Waals surface area contributed by atoms with Crippen LogP contribution in [0.15, 0.2) is 18.2 Å². The van der Waals surface area contributed by atoms with Crippen LogP contribution in [0.25, 0.3) is 0 Å². The van der Waals surface area contributed by atoms with Crippen molar-refractivity contribution in [1.29, 1.82) is 0 Å². The molecular formula is C16H25ClN2O3S. The summed E-state index contributed by atoms with van der Waals surface area (Å²) in [6.07, 6.45) is 4.33. The summed E-state index contributed by atoms with van der Waals surface area (Å²) in [5.41, 5.74) is 1.35. The maximum Gasteiger partial charge on any atom is 0.232 e. The van der Waals surface area contributed by atoms with Crippen molar-refractivity contribution in [3.05, 3.63) is 28.8 Å². The molecule has 0 aliphatic rings. The van der Waals surface area contributed by atoms with Crippen LogP contribution >= 0.6 is 11.6 Å². The normalized spacial score (nSPS) is 11.3. The zero-order valence-corrected chi connectivity index (χ0v) is 15.5. The van der Waals surface area contributed by atoms with Gasteiger partial charge in [0.15, 0.2) is 0 Å². The van der Waals surface area contributed by atoms with Crippen LogP contribution in [-0.4, -0.2) is 33.7 Å². The predicted molar refractivity (Wildman–Crippen MR) is 95.5 cm³/mol. The van der Waals surface area contributed by atoms with E-state index in [0.717, 1.165) is 31.1 Å². The molecule has 5 nitrogen and oxygen atoms in total. The molecular weight excluding hydrogens is 336 g/mol. The first-order valence-electron chi connectivity index (χ1n) is 7.76. The molecule has 130 valence electrons. The van der Waals surface area contributed by atoms with Gasteiger partial charge in [0.2, 0.25) is 15.9 Å². The Kier molecular flexibility index (Phi) is 7.85. The van der Waals surface area contributed by atoms with Gasteiger partial charge in [0.05, 0.1) is 11.9 Å². The van der Waals surface area contributed by atoms with Crippen LogP contribution < -0.4 is 9.62 Å². The molecule has 1 N–H and O–H groups in total. The van der Waals surface area contributed by atoms with E-state index in [4.69, 9.17) is 11.6 Å². The van der Waals surface area contributed by atoms with Gasteiger partial charge in [-0.25, -0.2) is 8.42 Å². The van der Waals surface area contributed by atoms with Crippen molar-refractivity contribution >= 4 is 33.2 Å². The number of sulfonamides is 1. The van der Waals surface area contributed by atoms with Gasteiger partial charge in [-0.05, 0) is 31.0 Å². The van der Waals surface area contributed by atoms with Gasteiger partial charge >= 0.3 is 0 Å². The molecule has 1 amide bonds. The number of unbranched alkanes of at least 4 members (excludes halogenated alkanes) is 2. The van der Waals surface area contributed by atoms with Crippen LogP contribution in [0.3, 0.4) is 0 Å². The molecule has 7 heteroatoms. The van der Waals surface area contributed by atoms with Gasteiger partial charge in [0.1, 0.15) is 0 Å². The Hall–Kier alpha value is -1.27. The van der Waals surface area contributed by atoms with Crippen LogP contribution in [0.5, 0.6) is 0 Å². The number of anilines is 1. The summed E-state index contributed by atoms with van der Waals surface area (Å²) in [6.45, 7) is 4.67. The summed E-state index contributed by atoms with van der Waals surface area (Å²) in [5, 5.41) is 3.31. The smallest absolute Gasteiger partial charge is 0.232 e. The van der Waals surface area contributed by atoms with Gasteiger partial charge in [-0.1, -0.05) is 37.4 Å². The number of amides is 1. The second-order valence-electron chi connectivity index (χ2n) is 5.58. The highest BCUT2D eigenvalue weighted by Crippen LogP contribution is 2.25. The molecule has 0 bridgehead atoms.